The number of nitrogens with zero attached hydrogens (tertiary/aromatic N) is 2. The van der Waals surface area contributed by atoms with Gasteiger partial charge in [-0.25, -0.2) is 12.8 Å². The van der Waals surface area contributed by atoms with Crippen molar-refractivity contribution in [3.8, 4) is 0 Å². The molecule has 0 bridgehead atoms. The van der Waals surface area contributed by atoms with Crippen molar-refractivity contribution in [1.82, 2.24) is 10.2 Å². The number of aryl methyl sites for hydroxylation is 1. The standard InChI is InChI=1S/C30H33ClFN3O4S/c1-21-12-17-26(18-28(21)31)35(40(38,39)27-10-4-3-5-11-27)20-29(36)34(19-23-13-15-24(32)16-14-23)22(2)30(37)33-25-8-6-7-9-25/h3-5,10-18,22,25H,6-9,19-20H2,1-2H3,(H,33,37)/t22-/m1/s1. The van der Waals surface area contributed by atoms with Crippen molar-refractivity contribution < 1.29 is 22.4 Å². The number of amides is 2. The van der Waals surface area contributed by atoms with Crippen molar-refractivity contribution in [2.24, 2.45) is 0 Å². The van der Waals surface area contributed by atoms with Crippen molar-refractivity contribution in [2.75, 3.05) is 10.8 Å². The highest BCUT2D eigenvalue weighted by molar-refractivity contribution is 7.92. The Morgan fingerprint density at radius 3 is 2.30 bits per heavy atom. The maximum absolute atomic E-state index is 13.9. The Morgan fingerprint density at radius 1 is 1.02 bits per heavy atom. The average Bonchev–Trinajstić information content (AvgIpc) is 3.46. The molecule has 0 spiro atoms. The number of carbonyl (C=O) groups excluding carboxylic acids is 2. The highest BCUT2D eigenvalue weighted by Gasteiger charge is 2.33. The predicted molar refractivity (Wildman–Crippen MR) is 154 cm³/mol. The van der Waals surface area contributed by atoms with E-state index in [4.69, 9.17) is 11.6 Å². The summed E-state index contributed by atoms with van der Waals surface area (Å²) in [5.74, 6) is -1.34. The molecule has 1 fully saturated rings. The SMILES string of the molecule is Cc1ccc(N(CC(=O)N(Cc2ccc(F)cc2)[C@H](C)C(=O)NC2CCCC2)S(=O)(=O)c2ccccc2)cc1Cl. The van der Waals surface area contributed by atoms with Crippen LogP contribution in [0.3, 0.4) is 0 Å². The molecule has 10 heteroatoms. The van der Waals surface area contributed by atoms with Crippen LogP contribution in [-0.4, -0.2) is 43.8 Å². The van der Waals surface area contributed by atoms with Gasteiger partial charge in [0.2, 0.25) is 11.8 Å². The van der Waals surface area contributed by atoms with Crippen LogP contribution >= 0.6 is 11.6 Å². The van der Waals surface area contributed by atoms with Gasteiger partial charge in [-0.15, -0.1) is 0 Å². The normalized spacial score (nSPS) is 14.5. The van der Waals surface area contributed by atoms with Crippen LogP contribution in [0.1, 0.15) is 43.7 Å². The lowest BCUT2D eigenvalue weighted by molar-refractivity contribution is -0.139. The average molecular weight is 586 g/mol. The van der Waals surface area contributed by atoms with Gasteiger partial charge in [0.1, 0.15) is 18.4 Å². The van der Waals surface area contributed by atoms with Gasteiger partial charge in [-0.2, -0.15) is 0 Å². The van der Waals surface area contributed by atoms with Gasteiger partial charge in [-0.05, 0) is 74.2 Å². The minimum atomic E-state index is -4.18. The van der Waals surface area contributed by atoms with Gasteiger partial charge in [-0.3, -0.25) is 13.9 Å². The van der Waals surface area contributed by atoms with Gasteiger partial charge in [0.25, 0.3) is 10.0 Å². The second kappa shape index (κ2) is 12.8. The molecular formula is C30H33ClFN3O4S. The number of hydrogen-bond donors (Lipinski definition) is 1. The lowest BCUT2D eigenvalue weighted by atomic mass is 10.1. The zero-order valence-electron chi connectivity index (χ0n) is 22.5. The van der Waals surface area contributed by atoms with Crippen LogP contribution in [0.15, 0.2) is 77.7 Å². The molecule has 0 aliphatic heterocycles. The molecular weight excluding hydrogens is 553 g/mol. The van der Waals surface area contributed by atoms with Crippen LogP contribution < -0.4 is 9.62 Å². The molecule has 1 aliphatic rings. The molecule has 1 aliphatic carbocycles. The Morgan fingerprint density at radius 2 is 1.68 bits per heavy atom. The molecule has 212 valence electrons. The molecule has 0 heterocycles. The number of rotatable bonds is 10. The fourth-order valence-corrected chi connectivity index (χ4v) is 6.35. The van der Waals surface area contributed by atoms with E-state index in [9.17, 15) is 22.4 Å². The zero-order chi connectivity index (χ0) is 28.9. The van der Waals surface area contributed by atoms with Crippen LogP contribution in [0.5, 0.6) is 0 Å². The minimum absolute atomic E-state index is 0.00769. The highest BCUT2D eigenvalue weighted by atomic mass is 35.5. The number of sulfonamides is 1. The molecule has 7 nitrogen and oxygen atoms in total. The first-order valence-corrected chi connectivity index (χ1v) is 15.1. The second-order valence-electron chi connectivity index (χ2n) is 10.1. The summed E-state index contributed by atoms with van der Waals surface area (Å²) in [5.41, 5.74) is 1.58. The van der Waals surface area contributed by atoms with Gasteiger partial charge >= 0.3 is 0 Å². The molecule has 3 aromatic rings. The summed E-state index contributed by atoms with van der Waals surface area (Å²) in [6.45, 7) is 2.83. The summed E-state index contributed by atoms with van der Waals surface area (Å²) in [6, 6.07) is 17.4. The quantitative estimate of drug-likeness (QED) is 0.342. The van der Waals surface area contributed by atoms with E-state index in [-0.39, 0.29) is 29.1 Å². The molecule has 0 unspecified atom stereocenters. The van der Waals surface area contributed by atoms with E-state index in [0.717, 1.165) is 35.6 Å². The Labute approximate surface area is 240 Å². The lowest BCUT2D eigenvalue weighted by Crippen LogP contribution is -2.52. The number of halogens is 2. The molecule has 1 atom stereocenters. The molecule has 4 rings (SSSR count). The van der Waals surface area contributed by atoms with Crippen molar-refractivity contribution in [1.29, 1.82) is 0 Å². The smallest absolute Gasteiger partial charge is 0.264 e. The van der Waals surface area contributed by atoms with Gasteiger partial charge in [0.15, 0.2) is 0 Å². The van der Waals surface area contributed by atoms with Crippen LogP contribution in [0, 0.1) is 12.7 Å². The monoisotopic (exact) mass is 585 g/mol. The Kier molecular flexibility index (Phi) is 9.48. The summed E-state index contributed by atoms with van der Waals surface area (Å²) in [5, 5.41) is 3.37. The van der Waals surface area contributed by atoms with E-state index in [2.05, 4.69) is 5.32 Å². The molecule has 2 amide bonds. The summed E-state index contributed by atoms with van der Waals surface area (Å²) in [7, 11) is -4.18. The van der Waals surface area contributed by atoms with Crippen LogP contribution in [-0.2, 0) is 26.2 Å². The van der Waals surface area contributed by atoms with E-state index in [0.29, 0.717) is 10.6 Å². The first-order chi connectivity index (χ1) is 19.1. The van der Waals surface area contributed by atoms with E-state index in [1.807, 2.05) is 0 Å². The van der Waals surface area contributed by atoms with Gasteiger partial charge in [0.05, 0.1) is 10.6 Å². The van der Waals surface area contributed by atoms with Crippen molar-refractivity contribution >= 4 is 39.1 Å². The fourth-order valence-electron chi connectivity index (χ4n) is 4.75. The topological polar surface area (TPSA) is 86.8 Å². The number of benzene rings is 3. The Bertz CT molecular complexity index is 1450. The number of anilines is 1. The minimum Gasteiger partial charge on any atom is -0.352 e. The molecule has 0 aromatic heterocycles. The van der Waals surface area contributed by atoms with E-state index in [1.54, 1.807) is 44.2 Å². The zero-order valence-corrected chi connectivity index (χ0v) is 24.1. The predicted octanol–water partition coefficient (Wildman–Crippen LogP) is 5.46. The van der Waals surface area contributed by atoms with E-state index >= 15 is 0 Å². The van der Waals surface area contributed by atoms with Gasteiger partial charge < -0.3 is 10.2 Å². The van der Waals surface area contributed by atoms with Crippen LogP contribution in [0.25, 0.3) is 0 Å². The molecule has 1 saturated carbocycles. The fraction of sp³-hybridized carbons (Fsp3) is 0.333. The molecule has 40 heavy (non-hydrogen) atoms. The van der Waals surface area contributed by atoms with E-state index in [1.165, 1.54) is 47.4 Å². The first kappa shape index (κ1) is 29.6. The summed E-state index contributed by atoms with van der Waals surface area (Å²) >= 11 is 6.35. The van der Waals surface area contributed by atoms with Crippen molar-refractivity contribution in [3.63, 3.8) is 0 Å². The van der Waals surface area contributed by atoms with Crippen molar-refractivity contribution in [2.45, 2.75) is 63.1 Å². The van der Waals surface area contributed by atoms with E-state index < -0.39 is 34.3 Å². The molecule has 3 aromatic carbocycles. The third-order valence-corrected chi connectivity index (χ3v) is 9.38. The largest absolute Gasteiger partial charge is 0.352 e. The maximum atomic E-state index is 13.9. The Balaban J connectivity index is 1.69. The third kappa shape index (κ3) is 7.01. The van der Waals surface area contributed by atoms with Gasteiger partial charge in [-0.1, -0.05) is 60.8 Å². The Hall–Kier alpha value is -3.43. The first-order valence-electron chi connectivity index (χ1n) is 13.2. The molecule has 0 saturated heterocycles. The summed E-state index contributed by atoms with van der Waals surface area (Å²) < 4.78 is 42.2. The van der Waals surface area contributed by atoms with Gasteiger partial charge in [0, 0.05) is 17.6 Å². The summed E-state index contributed by atoms with van der Waals surface area (Å²) in [4.78, 5) is 28.5. The highest BCUT2D eigenvalue weighted by Crippen LogP contribution is 2.28. The summed E-state index contributed by atoms with van der Waals surface area (Å²) in [6.07, 6.45) is 3.81. The third-order valence-electron chi connectivity index (χ3n) is 7.19. The second-order valence-corrected chi connectivity index (χ2v) is 12.3. The van der Waals surface area contributed by atoms with Crippen molar-refractivity contribution in [3.05, 3.63) is 94.8 Å². The maximum Gasteiger partial charge on any atom is 0.264 e. The number of carbonyl (C=O) groups is 2. The number of hydrogen-bond acceptors (Lipinski definition) is 4. The van der Waals surface area contributed by atoms with Crippen LogP contribution in [0.4, 0.5) is 10.1 Å². The molecule has 0 radical (unpaired) electrons. The lowest BCUT2D eigenvalue weighted by Gasteiger charge is -2.32. The molecule has 1 N–H and O–H groups in total. The number of nitrogens with one attached hydrogen (secondary N) is 1. The van der Waals surface area contributed by atoms with Crippen LogP contribution in [0.2, 0.25) is 5.02 Å².